The lowest BCUT2D eigenvalue weighted by atomic mass is 9.92. The number of pyridine rings is 1. The van der Waals surface area contributed by atoms with E-state index in [2.05, 4.69) is 42.3 Å². The molecule has 22 heavy (non-hydrogen) atoms. The van der Waals surface area contributed by atoms with Gasteiger partial charge < -0.3 is 5.32 Å². The number of nitrogens with zero attached hydrogens (tertiary/aromatic N) is 1. The predicted octanol–water partition coefficient (Wildman–Crippen LogP) is 3.09. The van der Waals surface area contributed by atoms with E-state index in [0.717, 1.165) is 24.8 Å². The van der Waals surface area contributed by atoms with E-state index < -0.39 is 0 Å². The van der Waals surface area contributed by atoms with E-state index in [9.17, 15) is 4.79 Å². The van der Waals surface area contributed by atoms with Crippen LogP contribution in [0.2, 0.25) is 0 Å². The fourth-order valence-electron chi connectivity index (χ4n) is 3.06. The average Bonchev–Trinajstić information content (AvgIpc) is 3.29. The summed E-state index contributed by atoms with van der Waals surface area (Å²) in [4.78, 5) is 16.7. The Morgan fingerprint density at radius 1 is 1.23 bits per heavy atom. The Morgan fingerprint density at radius 3 is 2.55 bits per heavy atom. The molecule has 1 aromatic heterocycles. The second-order valence-corrected chi connectivity index (χ2v) is 6.33. The highest BCUT2D eigenvalue weighted by Gasteiger charge is 2.51. The molecule has 1 aromatic carbocycles. The van der Waals surface area contributed by atoms with Crippen molar-refractivity contribution in [2.24, 2.45) is 0 Å². The molecular weight excluding hydrogens is 272 g/mol. The van der Waals surface area contributed by atoms with Crippen LogP contribution < -0.4 is 5.32 Å². The molecule has 0 unspecified atom stereocenters. The van der Waals surface area contributed by atoms with Gasteiger partial charge >= 0.3 is 0 Å². The van der Waals surface area contributed by atoms with Crippen molar-refractivity contribution in [3.05, 3.63) is 65.0 Å². The van der Waals surface area contributed by atoms with Crippen molar-refractivity contribution in [3.63, 3.8) is 0 Å². The Bertz CT molecular complexity index is 655. The van der Waals surface area contributed by atoms with Crippen molar-refractivity contribution in [2.75, 3.05) is 6.54 Å². The van der Waals surface area contributed by atoms with Gasteiger partial charge in [0.15, 0.2) is 0 Å². The van der Waals surface area contributed by atoms with Gasteiger partial charge in [-0.25, -0.2) is 0 Å². The summed E-state index contributed by atoms with van der Waals surface area (Å²) >= 11 is 0. The average molecular weight is 294 g/mol. The topological polar surface area (TPSA) is 42.0 Å². The van der Waals surface area contributed by atoms with Gasteiger partial charge in [0.2, 0.25) is 5.91 Å². The molecule has 1 amide bonds. The van der Waals surface area contributed by atoms with E-state index in [-0.39, 0.29) is 11.3 Å². The van der Waals surface area contributed by atoms with Crippen LogP contribution in [0.15, 0.2) is 42.7 Å². The highest BCUT2D eigenvalue weighted by atomic mass is 16.2. The molecule has 2 aromatic rings. The van der Waals surface area contributed by atoms with Crippen LogP contribution in [0.5, 0.6) is 0 Å². The van der Waals surface area contributed by atoms with Crippen molar-refractivity contribution in [3.8, 4) is 0 Å². The van der Waals surface area contributed by atoms with Gasteiger partial charge in [0.05, 0.1) is 5.41 Å². The predicted molar refractivity (Wildman–Crippen MR) is 87.8 cm³/mol. The summed E-state index contributed by atoms with van der Waals surface area (Å²) in [6, 6.07) is 10.4. The zero-order valence-corrected chi connectivity index (χ0v) is 13.2. The van der Waals surface area contributed by atoms with Crippen LogP contribution in [0.1, 0.15) is 35.1 Å². The maximum atomic E-state index is 12.6. The fraction of sp³-hybridized carbons (Fsp3) is 0.368. The molecule has 1 N–H and O–H groups in total. The summed E-state index contributed by atoms with van der Waals surface area (Å²) in [5.41, 5.74) is 4.49. The first-order valence-electron chi connectivity index (χ1n) is 7.86. The lowest BCUT2D eigenvalue weighted by Crippen LogP contribution is -2.36. The van der Waals surface area contributed by atoms with Gasteiger partial charge in [0.25, 0.3) is 0 Å². The summed E-state index contributed by atoms with van der Waals surface area (Å²) in [5, 5.41) is 3.10. The van der Waals surface area contributed by atoms with Crippen molar-refractivity contribution >= 4 is 5.91 Å². The van der Waals surface area contributed by atoms with Crippen LogP contribution >= 0.6 is 0 Å². The minimum Gasteiger partial charge on any atom is -0.355 e. The SMILES string of the molecule is Cc1cc(C)cc(C2(C(=O)NCCc3cccnc3)CC2)c1. The number of carbonyl (C=O) groups is 1. The fourth-order valence-corrected chi connectivity index (χ4v) is 3.06. The number of nitrogens with one attached hydrogen (secondary N) is 1. The quantitative estimate of drug-likeness (QED) is 0.920. The molecule has 114 valence electrons. The molecule has 3 heteroatoms. The highest BCUT2D eigenvalue weighted by Crippen LogP contribution is 2.48. The summed E-state index contributed by atoms with van der Waals surface area (Å²) in [6.45, 7) is 4.84. The molecule has 1 heterocycles. The molecule has 1 saturated carbocycles. The first-order valence-corrected chi connectivity index (χ1v) is 7.86. The van der Waals surface area contributed by atoms with E-state index in [1.54, 1.807) is 6.20 Å². The maximum Gasteiger partial charge on any atom is 0.230 e. The molecule has 0 bridgehead atoms. The molecule has 0 saturated heterocycles. The summed E-state index contributed by atoms with van der Waals surface area (Å²) < 4.78 is 0. The molecular formula is C19H22N2O. The van der Waals surface area contributed by atoms with Gasteiger partial charge in [0, 0.05) is 18.9 Å². The van der Waals surface area contributed by atoms with E-state index in [1.807, 2.05) is 18.3 Å². The number of aryl methyl sites for hydroxylation is 2. The summed E-state index contributed by atoms with van der Waals surface area (Å²) in [6.07, 6.45) is 6.34. The van der Waals surface area contributed by atoms with Gasteiger partial charge in [-0.05, 0) is 50.3 Å². The van der Waals surface area contributed by atoms with Crippen LogP contribution in [-0.2, 0) is 16.6 Å². The Labute approximate surface area is 131 Å². The minimum absolute atomic E-state index is 0.168. The third kappa shape index (κ3) is 3.03. The Balaban J connectivity index is 1.64. The van der Waals surface area contributed by atoms with E-state index in [0.29, 0.717) is 6.54 Å². The van der Waals surface area contributed by atoms with E-state index in [4.69, 9.17) is 0 Å². The molecule has 1 aliphatic carbocycles. The van der Waals surface area contributed by atoms with Crippen molar-refractivity contribution in [2.45, 2.75) is 38.5 Å². The molecule has 0 atom stereocenters. The first-order chi connectivity index (χ1) is 10.6. The number of carbonyl (C=O) groups excluding carboxylic acids is 1. The lowest BCUT2D eigenvalue weighted by Gasteiger charge is -2.17. The largest absolute Gasteiger partial charge is 0.355 e. The second-order valence-electron chi connectivity index (χ2n) is 6.33. The summed E-state index contributed by atoms with van der Waals surface area (Å²) in [7, 11) is 0. The van der Waals surface area contributed by atoms with Gasteiger partial charge in [0.1, 0.15) is 0 Å². The molecule has 0 spiro atoms. The number of amides is 1. The molecule has 1 aliphatic rings. The van der Waals surface area contributed by atoms with Crippen molar-refractivity contribution in [1.82, 2.24) is 10.3 Å². The number of hydrogen-bond acceptors (Lipinski definition) is 2. The molecule has 0 radical (unpaired) electrons. The zero-order valence-electron chi connectivity index (χ0n) is 13.2. The Morgan fingerprint density at radius 2 is 1.95 bits per heavy atom. The summed E-state index contributed by atoms with van der Waals surface area (Å²) in [5.74, 6) is 0.168. The zero-order chi connectivity index (χ0) is 15.6. The van der Waals surface area contributed by atoms with Gasteiger partial charge in [-0.15, -0.1) is 0 Å². The molecule has 1 fully saturated rings. The molecule has 3 nitrogen and oxygen atoms in total. The number of aromatic nitrogens is 1. The van der Waals surface area contributed by atoms with Crippen LogP contribution in [-0.4, -0.2) is 17.4 Å². The second kappa shape index (κ2) is 5.91. The number of hydrogen-bond donors (Lipinski definition) is 1. The third-order valence-electron chi connectivity index (χ3n) is 4.38. The van der Waals surface area contributed by atoms with Crippen LogP contribution in [0.3, 0.4) is 0 Å². The van der Waals surface area contributed by atoms with Crippen LogP contribution in [0.4, 0.5) is 0 Å². The smallest absolute Gasteiger partial charge is 0.230 e. The monoisotopic (exact) mass is 294 g/mol. The lowest BCUT2D eigenvalue weighted by molar-refractivity contribution is -0.123. The van der Waals surface area contributed by atoms with E-state index in [1.165, 1.54) is 16.7 Å². The minimum atomic E-state index is -0.286. The maximum absolute atomic E-state index is 12.6. The molecule has 3 rings (SSSR count). The van der Waals surface area contributed by atoms with E-state index >= 15 is 0 Å². The van der Waals surface area contributed by atoms with Crippen molar-refractivity contribution < 1.29 is 4.79 Å². The number of rotatable bonds is 5. The van der Waals surface area contributed by atoms with Crippen LogP contribution in [0, 0.1) is 13.8 Å². The standard InChI is InChI=1S/C19H22N2O/c1-14-10-15(2)12-17(11-14)19(6-7-19)18(22)21-9-5-16-4-3-8-20-13-16/h3-4,8,10-13H,5-7,9H2,1-2H3,(H,21,22). The van der Waals surface area contributed by atoms with Gasteiger partial charge in [-0.3, -0.25) is 9.78 Å². The van der Waals surface area contributed by atoms with Crippen LogP contribution in [0.25, 0.3) is 0 Å². The van der Waals surface area contributed by atoms with Crippen molar-refractivity contribution in [1.29, 1.82) is 0 Å². The normalized spacial score (nSPS) is 15.4. The number of benzene rings is 1. The Kier molecular flexibility index (Phi) is 3.97. The Hall–Kier alpha value is -2.16. The highest BCUT2D eigenvalue weighted by molar-refractivity contribution is 5.91. The molecule has 0 aliphatic heterocycles. The van der Waals surface area contributed by atoms with Gasteiger partial charge in [-0.1, -0.05) is 35.4 Å². The van der Waals surface area contributed by atoms with Gasteiger partial charge in [-0.2, -0.15) is 0 Å². The third-order valence-corrected chi connectivity index (χ3v) is 4.38. The first kappa shape index (κ1) is 14.8.